The number of carbonyl (C=O) groups excluding carboxylic acids is 2. The standard InChI is InChI=1S/C25H26N2O4S/c1-4-27(5-2)32(30,31)20-16-15-18(3)23(17-20)26-25(29)22-14-10-9-13-21(22)24(28)19-11-7-6-8-12-19/h6-17H,4-5H2,1-3H3,(H,26,29). The van der Waals surface area contributed by atoms with Crippen molar-refractivity contribution in [1.82, 2.24) is 4.31 Å². The number of hydrogen-bond acceptors (Lipinski definition) is 4. The molecular formula is C25H26N2O4S. The van der Waals surface area contributed by atoms with Gasteiger partial charge in [-0.25, -0.2) is 8.42 Å². The highest BCUT2D eigenvalue weighted by atomic mass is 32.2. The lowest BCUT2D eigenvalue weighted by molar-refractivity contribution is 0.0996. The lowest BCUT2D eigenvalue weighted by Gasteiger charge is -2.19. The largest absolute Gasteiger partial charge is 0.322 e. The summed E-state index contributed by atoms with van der Waals surface area (Å²) in [4.78, 5) is 26.2. The molecule has 0 fully saturated rings. The van der Waals surface area contributed by atoms with E-state index in [2.05, 4.69) is 5.32 Å². The minimum Gasteiger partial charge on any atom is -0.322 e. The van der Waals surface area contributed by atoms with Gasteiger partial charge in [-0.2, -0.15) is 4.31 Å². The van der Waals surface area contributed by atoms with Crippen LogP contribution in [0.15, 0.2) is 77.7 Å². The smallest absolute Gasteiger partial charge is 0.256 e. The Morgan fingerprint density at radius 2 is 1.44 bits per heavy atom. The number of benzene rings is 3. The van der Waals surface area contributed by atoms with Crippen molar-refractivity contribution in [3.63, 3.8) is 0 Å². The van der Waals surface area contributed by atoms with E-state index >= 15 is 0 Å². The summed E-state index contributed by atoms with van der Waals surface area (Å²) in [6, 6.07) is 20.0. The number of anilines is 1. The van der Waals surface area contributed by atoms with Gasteiger partial charge in [-0.15, -0.1) is 0 Å². The van der Waals surface area contributed by atoms with E-state index in [1.54, 1.807) is 75.4 Å². The van der Waals surface area contributed by atoms with Crippen molar-refractivity contribution < 1.29 is 18.0 Å². The summed E-state index contributed by atoms with van der Waals surface area (Å²) < 4.78 is 27.1. The number of nitrogens with zero attached hydrogens (tertiary/aromatic N) is 1. The topological polar surface area (TPSA) is 83.6 Å². The van der Waals surface area contributed by atoms with Crippen LogP contribution in [0, 0.1) is 6.92 Å². The molecular weight excluding hydrogens is 424 g/mol. The SMILES string of the molecule is CCN(CC)S(=O)(=O)c1ccc(C)c(NC(=O)c2ccccc2C(=O)c2ccccc2)c1. The molecule has 32 heavy (non-hydrogen) atoms. The average molecular weight is 451 g/mol. The van der Waals surface area contributed by atoms with Crippen LogP contribution in [-0.2, 0) is 10.0 Å². The minimum absolute atomic E-state index is 0.107. The molecule has 0 aliphatic heterocycles. The Hall–Kier alpha value is -3.29. The first-order valence-corrected chi connectivity index (χ1v) is 11.8. The third-order valence-electron chi connectivity index (χ3n) is 5.25. The highest BCUT2D eigenvalue weighted by molar-refractivity contribution is 7.89. The highest BCUT2D eigenvalue weighted by Gasteiger charge is 2.23. The van der Waals surface area contributed by atoms with E-state index in [0.717, 1.165) is 0 Å². The molecule has 0 aromatic heterocycles. The third-order valence-corrected chi connectivity index (χ3v) is 7.30. The van der Waals surface area contributed by atoms with Crippen molar-refractivity contribution in [3.05, 3.63) is 95.1 Å². The van der Waals surface area contributed by atoms with Gasteiger partial charge in [0.2, 0.25) is 10.0 Å². The van der Waals surface area contributed by atoms with Crippen molar-refractivity contribution in [1.29, 1.82) is 0 Å². The molecule has 1 amide bonds. The van der Waals surface area contributed by atoms with Gasteiger partial charge >= 0.3 is 0 Å². The van der Waals surface area contributed by atoms with Gasteiger partial charge in [-0.3, -0.25) is 9.59 Å². The first-order chi connectivity index (χ1) is 15.3. The summed E-state index contributed by atoms with van der Waals surface area (Å²) in [5.74, 6) is -0.740. The van der Waals surface area contributed by atoms with Gasteiger partial charge < -0.3 is 5.32 Å². The lowest BCUT2D eigenvalue weighted by atomic mass is 9.98. The zero-order valence-corrected chi connectivity index (χ0v) is 19.1. The average Bonchev–Trinajstić information content (AvgIpc) is 2.81. The molecule has 0 aliphatic rings. The molecule has 166 valence electrons. The molecule has 0 saturated heterocycles. The Labute approximate surface area is 188 Å². The maximum atomic E-state index is 13.1. The van der Waals surface area contributed by atoms with E-state index in [9.17, 15) is 18.0 Å². The molecule has 7 heteroatoms. The lowest BCUT2D eigenvalue weighted by Crippen LogP contribution is -2.30. The zero-order valence-electron chi connectivity index (χ0n) is 18.3. The monoisotopic (exact) mass is 450 g/mol. The molecule has 3 rings (SSSR count). The van der Waals surface area contributed by atoms with E-state index in [0.29, 0.717) is 29.9 Å². The molecule has 1 N–H and O–H groups in total. The minimum atomic E-state index is -3.67. The molecule has 0 aliphatic carbocycles. The Morgan fingerprint density at radius 1 is 0.844 bits per heavy atom. The second-order valence-electron chi connectivity index (χ2n) is 7.26. The van der Waals surface area contributed by atoms with Gasteiger partial charge in [0, 0.05) is 29.9 Å². The van der Waals surface area contributed by atoms with Crippen LogP contribution in [0.1, 0.15) is 45.7 Å². The van der Waals surface area contributed by atoms with Crippen LogP contribution in [0.4, 0.5) is 5.69 Å². The van der Waals surface area contributed by atoms with Gasteiger partial charge in [-0.05, 0) is 30.7 Å². The van der Waals surface area contributed by atoms with Crippen LogP contribution in [-0.4, -0.2) is 37.5 Å². The molecule has 3 aromatic rings. The molecule has 0 bridgehead atoms. The Bertz CT molecular complexity index is 1230. The summed E-state index contributed by atoms with van der Waals surface area (Å²) in [6.07, 6.45) is 0. The number of aryl methyl sites for hydroxylation is 1. The molecule has 0 radical (unpaired) electrons. The molecule has 0 unspecified atom stereocenters. The second-order valence-corrected chi connectivity index (χ2v) is 9.20. The van der Waals surface area contributed by atoms with Crippen molar-refractivity contribution in [2.24, 2.45) is 0 Å². The molecule has 3 aromatic carbocycles. The Morgan fingerprint density at radius 3 is 2.06 bits per heavy atom. The summed E-state index contributed by atoms with van der Waals surface area (Å²) in [5, 5.41) is 2.79. The van der Waals surface area contributed by atoms with Crippen LogP contribution in [0.25, 0.3) is 0 Å². The summed E-state index contributed by atoms with van der Waals surface area (Å²) in [7, 11) is -3.67. The van der Waals surface area contributed by atoms with Crippen molar-refractivity contribution in [2.45, 2.75) is 25.7 Å². The van der Waals surface area contributed by atoms with E-state index in [1.165, 1.54) is 16.4 Å². The number of carbonyl (C=O) groups is 2. The predicted molar refractivity (Wildman–Crippen MR) is 126 cm³/mol. The Balaban J connectivity index is 1.95. The second kappa shape index (κ2) is 9.89. The number of hydrogen-bond donors (Lipinski definition) is 1. The quantitative estimate of drug-likeness (QED) is 0.512. The maximum Gasteiger partial charge on any atom is 0.256 e. The van der Waals surface area contributed by atoms with Gasteiger partial charge in [0.1, 0.15) is 0 Å². The van der Waals surface area contributed by atoms with E-state index in [1.807, 2.05) is 6.07 Å². The highest BCUT2D eigenvalue weighted by Crippen LogP contribution is 2.24. The molecule has 0 spiro atoms. The summed E-state index contributed by atoms with van der Waals surface area (Å²) >= 11 is 0. The van der Waals surface area contributed by atoms with Crippen molar-refractivity contribution >= 4 is 27.4 Å². The summed E-state index contributed by atoms with van der Waals surface area (Å²) in [5.41, 5.74) is 2.07. The Kier molecular flexibility index (Phi) is 7.22. The predicted octanol–water partition coefficient (Wildman–Crippen LogP) is 4.51. The van der Waals surface area contributed by atoms with E-state index in [-0.39, 0.29) is 21.8 Å². The fourth-order valence-electron chi connectivity index (χ4n) is 3.42. The number of ketones is 1. The van der Waals surface area contributed by atoms with Crippen LogP contribution in [0.3, 0.4) is 0 Å². The van der Waals surface area contributed by atoms with Gasteiger partial charge in [0.15, 0.2) is 5.78 Å². The van der Waals surface area contributed by atoms with Gasteiger partial charge in [0.25, 0.3) is 5.91 Å². The molecule has 0 heterocycles. The van der Waals surface area contributed by atoms with Crippen molar-refractivity contribution in [3.8, 4) is 0 Å². The summed E-state index contributed by atoms with van der Waals surface area (Å²) in [6.45, 7) is 6.04. The zero-order chi connectivity index (χ0) is 23.3. The van der Waals surface area contributed by atoms with Crippen LogP contribution >= 0.6 is 0 Å². The van der Waals surface area contributed by atoms with Crippen LogP contribution in [0.5, 0.6) is 0 Å². The van der Waals surface area contributed by atoms with Crippen molar-refractivity contribution in [2.75, 3.05) is 18.4 Å². The normalized spacial score (nSPS) is 11.4. The fraction of sp³-hybridized carbons (Fsp3) is 0.200. The third kappa shape index (κ3) is 4.79. The van der Waals surface area contributed by atoms with E-state index < -0.39 is 15.9 Å². The number of rotatable bonds is 8. The molecule has 6 nitrogen and oxygen atoms in total. The fourth-order valence-corrected chi connectivity index (χ4v) is 4.91. The first-order valence-electron chi connectivity index (χ1n) is 10.4. The molecule has 0 atom stereocenters. The van der Waals surface area contributed by atoms with Crippen LogP contribution in [0.2, 0.25) is 0 Å². The number of amides is 1. The number of nitrogens with one attached hydrogen (secondary N) is 1. The van der Waals surface area contributed by atoms with Gasteiger partial charge in [-0.1, -0.05) is 68.4 Å². The van der Waals surface area contributed by atoms with Gasteiger partial charge in [0.05, 0.1) is 10.5 Å². The van der Waals surface area contributed by atoms with Crippen LogP contribution < -0.4 is 5.32 Å². The molecule has 0 saturated carbocycles. The van der Waals surface area contributed by atoms with E-state index in [4.69, 9.17) is 0 Å². The number of sulfonamides is 1. The first kappa shape index (κ1) is 23.4. The maximum absolute atomic E-state index is 13.1.